The highest BCUT2D eigenvalue weighted by Crippen LogP contribution is 2.12. The van der Waals surface area contributed by atoms with E-state index in [0.717, 1.165) is 11.4 Å². The zero-order chi connectivity index (χ0) is 13.1. The van der Waals surface area contributed by atoms with Crippen LogP contribution in [0.25, 0.3) is 4.96 Å². The van der Waals surface area contributed by atoms with Crippen molar-refractivity contribution in [2.75, 3.05) is 6.54 Å². The number of thiazole rings is 1. The van der Waals surface area contributed by atoms with E-state index in [4.69, 9.17) is 0 Å². The van der Waals surface area contributed by atoms with Crippen LogP contribution in [0, 0.1) is 6.92 Å². The Labute approximate surface area is 108 Å². The molecule has 0 fully saturated rings. The lowest BCUT2D eigenvalue weighted by Gasteiger charge is -2.03. The normalized spacial score (nSPS) is 10.8. The van der Waals surface area contributed by atoms with Crippen LogP contribution in [0.4, 0.5) is 0 Å². The van der Waals surface area contributed by atoms with Crippen molar-refractivity contribution in [2.45, 2.75) is 26.7 Å². The van der Waals surface area contributed by atoms with Crippen LogP contribution < -0.4 is 10.9 Å². The van der Waals surface area contributed by atoms with Crippen LogP contribution in [0.2, 0.25) is 0 Å². The average molecular weight is 265 g/mol. The van der Waals surface area contributed by atoms with Crippen LogP contribution in [0.1, 0.15) is 24.7 Å². The molecule has 0 aliphatic carbocycles. The number of aryl methyl sites for hydroxylation is 1. The predicted molar refractivity (Wildman–Crippen MR) is 71.1 cm³/mol. The maximum absolute atomic E-state index is 11.9. The fourth-order valence-corrected chi connectivity index (χ4v) is 2.69. The number of aromatic nitrogens is 2. The van der Waals surface area contributed by atoms with Gasteiger partial charge >= 0.3 is 0 Å². The summed E-state index contributed by atoms with van der Waals surface area (Å²) in [4.78, 5) is 28.0. The standard InChI is InChI=1S/C12H15N3O2S/c1-3-10(16)13-5-4-9-7-18-12-14-8(2)6-11(17)15(9)12/h6-7H,3-5H2,1-2H3,(H,13,16). The first-order valence-corrected chi connectivity index (χ1v) is 6.73. The maximum atomic E-state index is 11.9. The highest BCUT2D eigenvalue weighted by molar-refractivity contribution is 7.15. The smallest absolute Gasteiger partial charge is 0.258 e. The minimum Gasteiger partial charge on any atom is -0.356 e. The number of amides is 1. The molecule has 0 aromatic carbocycles. The van der Waals surface area contributed by atoms with Gasteiger partial charge in [0.15, 0.2) is 4.96 Å². The molecule has 2 aromatic rings. The molecule has 0 radical (unpaired) electrons. The van der Waals surface area contributed by atoms with Crippen LogP contribution in [-0.2, 0) is 11.2 Å². The molecule has 5 nitrogen and oxygen atoms in total. The number of hydrogen-bond donors (Lipinski definition) is 1. The summed E-state index contributed by atoms with van der Waals surface area (Å²) in [5, 5.41) is 4.71. The fraction of sp³-hybridized carbons (Fsp3) is 0.417. The van der Waals surface area contributed by atoms with Crippen molar-refractivity contribution < 1.29 is 4.79 Å². The number of carbonyl (C=O) groups excluding carboxylic acids is 1. The Balaban J connectivity index is 2.19. The van der Waals surface area contributed by atoms with Gasteiger partial charge in [0.25, 0.3) is 5.56 Å². The largest absolute Gasteiger partial charge is 0.356 e. The van der Waals surface area contributed by atoms with Crippen molar-refractivity contribution in [1.29, 1.82) is 0 Å². The van der Waals surface area contributed by atoms with Crippen LogP contribution in [0.15, 0.2) is 16.2 Å². The molecule has 2 rings (SSSR count). The number of rotatable bonds is 4. The summed E-state index contributed by atoms with van der Waals surface area (Å²) < 4.78 is 1.61. The minimum absolute atomic E-state index is 0.0239. The number of nitrogens with one attached hydrogen (secondary N) is 1. The number of hydrogen-bond acceptors (Lipinski definition) is 4. The molecule has 0 bridgehead atoms. The van der Waals surface area contributed by atoms with Gasteiger partial charge in [-0.25, -0.2) is 4.98 Å². The zero-order valence-corrected chi connectivity index (χ0v) is 11.2. The average Bonchev–Trinajstić information content (AvgIpc) is 2.72. The monoisotopic (exact) mass is 265 g/mol. The highest BCUT2D eigenvalue weighted by Gasteiger charge is 2.07. The molecule has 2 aromatic heterocycles. The number of carbonyl (C=O) groups is 1. The molecular weight excluding hydrogens is 250 g/mol. The Hall–Kier alpha value is -1.69. The van der Waals surface area contributed by atoms with Gasteiger partial charge in [-0.3, -0.25) is 14.0 Å². The topological polar surface area (TPSA) is 63.5 Å². The zero-order valence-electron chi connectivity index (χ0n) is 10.4. The van der Waals surface area contributed by atoms with Gasteiger partial charge < -0.3 is 5.32 Å². The van der Waals surface area contributed by atoms with E-state index in [-0.39, 0.29) is 11.5 Å². The second-order valence-corrected chi connectivity index (χ2v) is 4.87. The summed E-state index contributed by atoms with van der Waals surface area (Å²) in [5.41, 5.74) is 1.56. The second kappa shape index (κ2) is 5.30. The Morgan fingerprint density at radius 3 is 3.06 bits per heavy atom. The summed E-state index contributed by atoms with van der Waals surface area (Å²) in [5.74, 6) is 0.0239. The lowest BCUT2D eigenvalue weighted by atomic mass is 10.3. The maximum Gasteiger partial charge on any atom is 0.258 e. The van der Waals surface area contributed by atoms with Crippen molar-refractivity contribution in [3.8, 4) is 0 Å². The van der Waals surface area contributed by atoms with E-state index >= 15 is 0 Å². The molecular formula is C12H15N3O2S. The molecule has 0 unspecified atom stereocenters. The first kappa shape index (κ1) is 12.8. The van der Waals surface area contributed by atoms with Crippen molar-refractivity contribution in [2.24, 2.45) is 0 Å². The number of fused-ring (bicyclic) bond motifs is 1. The Kier molecular flexibility index (Phi) is 3.76. The molecule has 0 saturated carbocycles. The lowest BCUT2D eigenvalue weighted by Crippen LogP contribution is -2.25. The van der Waals surface area contributed by atoms with Crippen molar-refractivity contribution >= 4 is 22.2 Å². The molecule has 1 amide bonds. The van der Waals surface area contributed by atoms with Gasteiger partial charge in [-0.15, -0.1) is 11.3 Å². The first-order valence-electron chi connectivity index (χ1n) is 5.85. The van der Waals surface area contributed by atoms with Gasteiger partial charge in [-0.2, -0.15) is 0 Å². The summed E-state index contributed by atoms with van der Waals surface area (Å²) in [6, 6.07) is 1.52. The van der Waals surface area contributed by atoms with Gasteiger partial charge in [0, 0.05) is 42.2 Å². The third-order valence-electron chi connectivity index (χ3n) is 2.63. The third kappa shape index (κ3) is 2.59. The van der Waals surface area contributed by atoms with E-state index < -0.39 is 0 Å². The van der Waals surface area contributed by atoms with Crippen molar-refractivity contribution in [1.82, 2.24) is 14.7 Å². The molecule has 18 heavy (non-hydrogen) atoms. The van der Waals surface area contributed by atoms with E-state index in [9.17, 15) is 9.59 Å². The van der Waals surface area contributed by atoms with Crippen LogP contribution >= 0.6 is 11.3 Å². The molecule has 6 heteroatoms. The van der Waals surface area contributed by atoms with Crippen molar-refractivity contribution in [3.63, 3.8) is 0 Å². The predicted octanol–water partition coefficient (Wildman–Crippen LogP) is 1.13. The fourth-order valence-electron chi connectivity index (χ4n) is 1.71. The molecule has 0 aliphatic rings. The number of nitrogens with zero attached hydrogens (tertiary/aromatic N) is 2. The van der Waals surface area contributed by atoms with Crippen LogP contribution in [0.3, 0.4) is 0 Å². The first-order chi connectivity index (χ1) is 8.61. The van der Waals surface area contributed by atoms with Gasteiger partial charge in [-0.1, -0.05) is 6.92 Å². The SMILES string of the molecule is CCC(=O)NCCc1csc2nc(C)cc(=O)n12. The van der Waals surface area contributed by atoms with E-state index in [0.29, 0.717) is 24.3 Å². The Bertz CT molecular complexity index is 630. The Morgan fingerprint density at radius 2 is 2.33 bits per heavy atom. The van der Waals surface area contributed by atoms with E-state index in [1.165, 1.54) is 17.4 Å². The molecule has 0 saturated heterocycles. The van der Waals surface area contributed by atoms with E-state index in [1.54, 1.807) is 4.40 Å². The Morgan fingerprint density at radius 1 is 1.56 bits per heavy atom. The van der Waals surface area contributed by atoms with E-state index in [1.807, 2.05) is 19.2 Å². The molecule has 2 heterocycles. The van der Waals surface area contributed by atoms with Gasteiger partial charge in [0.1, 0.15) is 0 Å². The molecule has 1 N–H and O–H groups in total. The summed E-state index contributed by atoms with van der Waals surface area (Å²) in [7, 11) is 0. The summed E-state index contributed by atoms with van der Waals surface area (Å²) >= 11 is 1.45. The van der Waals surface area contributed by atoms with Gasteiger partial charge in [-0.05, 0) is 6.92 Å². The molecule has 0 spiro atoms. The molecule has 0 aliphatic heterocycles. The lowest BCUT2D eigenvalue weighted by molar-refractivity contribution is -0.120. The molecule has 96 valence electrons. The summed E-state index contributed by atoms with van der Waals surface area (Å²) in [6.07, 6.45) is 1.11. The molecule has 0 atom stereocenters. The third-order valence-corrected chi connectivity index (χ3v) is 3.50. The van der Waals surface area contributed by atoms with Crippen LogP contribution in [0.5, 0.6) is 0 Å². The second-order valence-electron chi connectivity index (χ2n) is 4.03. The summed E-state index contributed by atoms with van der Waals surface area (Å²) in [6.45, 7) is 4.16. The highest BCUT2D eigenvalue weighted by atomic mass is 32.1. The van der Waals surface area contributed by atoms with Gasteiger partial charge in [0.2, 0.25) is 5.91 Å². The minimum atomic E-state index is -0.0597. The quantitative estimate of drug-likeness (QED) is 0.901. The van der Waals surface area contributed by atoms with Crippen LogP contribution in [-0.4, -0.2) is 21.8 Å². The van der Waals surface area contributed by atoms with E-state index in [2.05, 4.69) is 10.3 Å². The van der Waals surface area contributed by atoms with Crippen molar-refractivity contribution in [3.05, 3.63) is 33.2 Å². The van der Waals surface area contributed by atoms with Gasteiger partial charge in [0.05, 0.1) is 0 Å².